The minimum atomic E-state index is -4.60. The molecule has 2 aromatic heterocycles. The van der Waals surface area contributed by atoms with Crippen LogP contribution in [0.25, 0.3) is 22.5 Å². The number of pyridine rings is 1. The molecular formula is C14H17N9O4S2. The van der Waals surface area contributed by atoms with Crippen LogP contribution in [0.2, 0.25) is 0 Å². The summed E-state index contributed by atoms with van der Waals surface area (Å²) in [5.74, 6) is -0.0591. The fourth-order valence-corrected chi connectivity index (χ4v) is 5.14. The van der Waals surface area contributed by atoms with Crippen LogP contribution in [0.3, 0.4) is 0 Å². The summed E-state index contributed by atoms with van der Waals surface area (Å²) in [6.45, 7) is 0.123. The molecule has 0 amide bonds. The molecule has 13 nitrogen and oxygen atoms in total. The number of benzene rings is 1. The fourth-order valence-electron chi connectivity index (χ4n) is 2.95. The Morgan fingerprint density at radius 3 is 2.28 bits per heavy atom. The van der Waals surface area contributed by atoms with Gasteiger partial charge in [-0.3, -0.25) is 0 Å². The molecule has 0 saturated carbocycles. The van der Waals surface area contributed by atoms with E-state index in [4.69, 9.17) is 21.7 Å². The van der Waals surface area contributed by atoms with Gasteiger partial charge < -0.3 is 11.5 Å². The molecule has 154 valence electrons. The summed E-state index contributed by atoms with van der Waals surface area (Å²) in [6.07, 6.45) is 1.58. The number of nitrogens with two attached hydrogens (primary N) is 4. The van der Waals surface area contributed by atoms with E-state index in [1.165, 1.54) is 12.3 Å². The van der Waals surface area contributed by atoms with Gasteiger partial charge in [-0.1, -0.05) is 0 Å². The van der Waals surface area contributed by atoms with Crippen LogP contribution >= 0.6 is 0 Å². The number of nitrogens with one attached hydrogen (secondary N) is 1. The number of nitrogen functional groups attached to an aromatic ring is 1. The maximum Gasteiger partial charge on any atom is 0.240 e. The Morgan fingerprint density at radius 2 is 1.76 bits per heavy atom. The summed E-state index contributed by atoms with van der Waals surface area (Å²) in [4.78, 5) is 2.45. The number of rotatable bonds is 6. The first kappa shape index (κ1) is 20.7. The molecule has 29 heavy (non-hydrogen) atoms. The molecule has 0 spiro atoms. The van der Waals surface area contributed by atoms with Gasteiger partial charge in [-0.2, -0.15) is 5.21 Å². The van der Waals surface area contributed by atoms with Crippen molar-refractivity contribution in [3.63, 3.8) is 0 Å². The van der Waals surface area contributed by atoms with Crippen molar-refractivity contribution in [2.75, 3.05) is 12.3 Å². The highest BCUT2D eigenvalue weighted by atomic mass is 32.2. The molecule has 9 N–H and O–H groups in total. The predicted molar refractivity (Wildman–Crippen MR) is 103 cm³/mol. The largest absolute Gasteiger partial charge is 0.384 e. The number of nitrogens with zero attached hydrogens (tertiary/aromatic N) is 4. The van der Waals surface area contributed by atoms with Gasteiger partial charge in [0.25, 0.3) is 0 Å². The van der Waals surface area contributed by atoms with Crippen LogP contribution in [-0.2, 0) is 26.5 Å². The molecule has 3 rings (SSSR count). The number of hydrogen-bond donors (Lipinski definition) is 5. The minimum Gasteiger partial charge on any atom is -0.384 e. The average Bonchev–Trinajstić information content (AvgIpc) is 3.13. The Hall–Kier alpha value is -2.98. The van der Waals surface area contributed by atoms with Crippen molar-refractivity contribution in [2.24, 2.45) is 16.0 Å². The van der Waals surface area contributed by atoms with Gasteiger partial charge in [-0.05, 0) is 53.1 Å². The standard InChI is InChI=1S/C14H17N9O4S2/c15-3-1-7-5-9(28(17,24)25)13(29(18,26)27)12(14-20-22-23-21-14)11(7)8-2-4-19-10(16)6-8/h2,4-6H,1,3,15H2,(H2,16,19)(H2,17,24,25)(H2,18,26,27)(H,20,21,22,23). The van der Waals surface area contributed by atoms with Crippen molar-refractivity contribution in [2.45, 2.75) is 16.2 Å². The Kier molecular flexibility index (Phi) is 5.33. The van der Waals surface area contributed by atoms with Crippen LogP contribution in [0.5, 0.6) is 0 Å². The normalized spacial score (nSPS) is 12.2. The van der Waals surface area contributed by atoms with E-state index in [9.17, 15) is 16.8 Å². The number of hydrogen-bond acceptors (Lipinski definition) is 10. The molecule has 0 fully saturated rings. The number of anilines is 1. The van der Waals surface area contributed by atoms with E-state index in [2.05, 4.69) is 25.6 Å². The van der Waals surface area contributed by atoms with Gasteiger partial charge >= 0.3 is 0 Å². The molecule has 0 unspecified atom stereocenters. The lowest BCUT2D eigenvalue weighted by molar-refractivity contribution is 0.584. The topological polar surface area (TPSA) is 240 Å². The Morgan fingerprint density at radius 1 is 1.03 bits per heavy atom. The highest BCUT2D eigenvalue weighted by Gasteiger charge is 2.32. The maximum absolute atomic E-state index is 12.4. The smallest absolute Gasteiger partial charge is 0.240 e. The van der Waals surface area contributed by atoms with E-state index in [0.717, 1.165) is 6.07 Å². The van der Waals surface area contributed by atoms with Crippen LogP contribution in [0.15, 0.2) is 34.2 Å². The summed E-state index contributed by atoms with van der Waals surface area (Å²) in [7, 11) is -9.11. The molecule has 15 heteroatoms. The van der Waals surface area contributed by atoms with Crippen molar-refractivity contribution in [3.8, 4) is 22.5 Å². The van der Waals surface area contributed by atoms with Crippen molar-refractivity contribution in [1.82, 2.24) is 25.6 Å². The van der Waals surface area contributed by atoms with Crippen molar-refractivity contribution in [3.05, 3.63) is 30.0 Å². The van der Waals surface area contributed by atoms with E-state index in [0.29, 0.717) is 11.1 Å². The highest BCUT2D eigenvalue weighted by Crippen LogP contribution is 2.41. The molecule has 0 aliphatic heterocycles. The molecule has 0 atom stereocenters. The van der Waals surface area contributed by atoms with Gasteiger partial charge in [-0.25, -0.2) is 32.1 Å². The van der Waals surface area contributed by atoms with Crippen LogP contribution in [0.1, 0.15) is 5.56 Å². The molecular weight excluding hydrogens is 422 g/mol. The number of primary sulfonamides is 2. The maximum atomic E-state index is 12.4. The third-order valence-electron chi connectivity index (χ3n) is 3.97. The van der Waals surface area contributed by atoms with Gasteiger partial charge in [0, 0.05) is 6.20 Å². The monoisotopic (exact) mass is 439 g/mol. The van der Waals surface area contributed by atoms with Crippen molar-refractivity contribution < 1.29 is 16.8 Å². The second-order valence-corrected chi connectivity index (χ2v) is 8.97. The molecule has 0 aliphatic carbocycles. The SMILES string of the molecule is NCCc1cc(S(N)(=O)=O)c(S(N)(=O)=O)c(-c2nn[nH]n2)c1-c1ccnc(N)c1. The predicted octanol–water partition coefficient (Wildman–Crippen LogP) is -1.69. The summed E-state index contributed by atoms with van der Waals surface area (Å²) in [6, 6.07) is 4.15. The quantitative estimate of drug-likeness (QED) is 0.291. The molecule has 3 aromatic rings. The number of aromatic amines is 1. The van der Waals surface area contributed by atoms with E-state index < -0.39 is 29.8 Å². The fraction of sp³-hybridized carbons (Fsp3) is 0.143. The number of tetrazole rings is 1. The van der Waals surface area contributed by atoms with Gasteiger partial charge in [-0.15, -0.1) is 10.2 Å². The Bertz CT molecular complexity index is 1270. The second-order valence-electron chi connectivity index (χ2n) is 5.95. The molecule has 1 aromatic carbocycles. The second kappa shape index (κ2) is 7.45. The first-order chi connectivity index (χ1) is 13.5. The number of aromatic nitrogens is 5. The van der Waals surface area contributed by atoms with E-state index in [-0.39, 0.29) is 35.7 Å². The van der Waals surface area contributed by atoms with E-state index in [1.54, 1.807) is 6.07 Å². The lowest BCUT2D eigenvalue weighted by atomic mass is 9.92. The lowest BCUT2D eigenvalue weighted by Gasteiger charge is -2.19. The van der Waals surface area contributed by atoms with E-state index >= 15 is 0 Å². The molecule has 0 saturated heterocycles. The van der Waals surface area contributed by atoms with Crippen molar-refractivity contribution >= 4 is 25.9 Å². The number of H-pyrrole nitrogens is 1. The molecule has 0 aliphatic rings. The Labute approximate surface area is 165 Å². The lowest BCUT2D eigenvalue weighted by Crippen LogP contribution is -2.23. The first-order valence-electron chi connectivity index (χ1n) is 7.95. The third kappa shape index (κ3) is 4.08. The highest BCUT2D eigenvalue weighted by molar-refractivity contribution is 7.92. The summed E-state index contributed by atoms with van der Waals surface area (Å²) < 4.78 is 49.3. The summed E-state index contributed by atoms with van der Waals surface area (Å²) >= 11 is 0. The van der Waals surface area contributed by atoms with Crippen LogP contribution < -0.4 is 21.7 Å². The molecule has 0 radical (unpaired) electrons. The van der Waals surface area contributed by atoms with Gasteiger partial charge in [0.05, 0.1) is 5.56 Å². The van der Waals surface area contributed by atoms with Crippen LogP contribution in [0, 0.1) is 0 Å². The number of sulfonamides is 2. The average molecular weight is 439 g/mol. The zero-order chi connectivity index (χ0) is 21.4. The van der Waals surface area contributed by atoms with Gasteiger partial charge in [0.2, 0.25) is 25.9 Å². The van der Waals surface area contributed by atoms with Crippen LogP contribution in [-0.4, -0.2) is 49.0 Å². The third-order valence-corrected chi connectivity index (χ3v) is 6.03. The molecule has 0 bridgehead atoms. The van der Waals surface area contributed by atoms with Gasteiger partial charge in [0.1, 0.15) is 15.6 Å². The minimum absolute atomic E-state index is 0.123. The molecule has 2 heterocycles. The zero-order valence-corrected chi connectivity index (χ0v) is 16.4. The first-order valence-corrected chi connectivity index (χ1v) is 11.0. The van der Waals surface area contributed by atoms with Crippen molar-refractivity contribution in [1.29, 1.82) is 0 Å². The summed E-state index contributed by atoms with van der Waals surface area (Å²) in [5, 5.41) is 23.9. The summed E-state index contributed by atoms with van der Waals surface area (Å²) in [5.41, 5.74) is 12.3. The van der Waals surface area contributed by atoms with Gasteiger partial charge in [0.15, 0.2) is 0 Å². The van der Waals surface area contributed by atoms with Crippen LogP contribution in [0.4, 0.5) is 5.82 Å². The Balaban J connectivity index is 2.63. The van der Waals surface area contributed by atoms with E-state index in [1.807, 2.05) is 0 Å². The zero-order valence-electron chi connectivity index (χ0n) is 14.8.